The van der Waals surface area contributed by atoms with Crippen LogP contribution in [0, 0.1) is 0 Å². The van der Waals surface area contributed by atoms with Crippen LogP contribution in [0.25, 0.3) is 0 Å². The van der Waals surface area contributed by atoms with Crippen LogP contribution in [0.3, 0.4) is 0 Å². The van der Waals surface area contributed by atoms with Gasteiger partial charge in [0, 0.05) is 12.8 Å². The van der Waals surface area contributed by atoms with E-state index < -0.39 is 12.1 Å². The molecule has 0 fully saturated rings. The normalized spacial score (nSPS) is 12.7. The van der Waals surface area contributed by atoms with E-state index in [2.05, 4.69) is 31.3 Å². The third-order valence-corrected chi connectivity index (χ3v) is 15.2. The average molecular weight is 1010 g/mol. The van der Waals surface area contributed by atoms with Gasteiger partial charge >= 0.3 is 5.97 Å². The number of esters is 1. The summed E-state index contributed by atoms with van der Waals surface area (Å²) in [5.74, 6) is -0.0858. The Morgan fingerprint density at radius 2 is 0.653 bits per heavy atom. The lowest BCUT2D eigenvalue weighted by atomic mass is 10.0. The minimum Gasteiger partial charge on any atom is -0.466 e. The molecule has 0 saturated carbocycles. The molecular formula is C66H127NO5. The topological polar surface area (TPSA) is 95.9 Å². The number of hydrogen-bond donors (Lipinski definition) is 3. The lowest BCUT2D eigenvalue weighted by Gasteiger charge is -2.20. The van der Waals surface area contributed by atoms with Gasteiger partial charge < -0.3 is 20.3 Å². The second kappa shape index (κ2) is 61.9. The molecule has 6 heteroatoms. The van der Waals surface area contributed by atoms with Gasteiger partial charge in [-0.25, -0.2) is 0 Å². The van der Waals surface area contributed by atoms with Gasteiger partial charge in [-0.15, -0.1) is 0 Å². The number of hydrogen-bond acceptors (Lipinski definition) is 5. The highest BCUT2D eigenvalue weighted by Crippen LogP contribution is 2.18. The Hall–Kier alpha value is -1.66. The standard InChI is InChI=1S/C66H127NO5/c1-3-5-7-9-11-13-15-17-19-21-22-23-24-25-26-28-30-34-38-42-46-50-54-58-64(69)63(62-68)67-65(70)59-55-51-47-43-39-35-31-29-33-37-41-45-49-53-57-61-72-66(71)60-56-52-48-44-40-36-32-27-20-18-16-14-12-10-8-6-4-2/h33,37,54,58,63-64,68-69H,3-32,34-36,38-53,55-57,59-62H2,1-2H3,(H,67,70)/b37-33-,58-54+. The van der Waals surface area contributed by atoms with Gasteiger partial charge in [-0.3, -0.25) is 9.59 Å². The monoisotopic (exact) mass is 1010 g/mol. The molecule has 0 aromatic rings. The Bertz CT molecular complexity index is 1120. The Balaban J connectivity index is 3.48. The number of nitrogens with one attached hydrogen (secondary N) is 1. The summed E-state index contributed by atoms with van der Waals surface area (Å²) in [6.07, 6.45) is 76.5. The molecule has 0 heterocycles. The minimum atomic E-state index is -0.855. The van der Waals surface area contributed by atoms with E-state index in [0.29, 0.717) is 19.4 Å². The summed E-state index contributed by atoms with van der Waals surface area (Å²) < 4.78 is 5.48. The maximum absolute atomic E-state index is 12.5. The summed E-state index contributed by atoms with van der Waals surface area (Å²) in [6, 6.07) is -0.640. The number of rotatable bonds is 61. The van der Waals surface area contributed by atoms with Crippen molar-refractivity contribution < 1.29 is 24.5 Å². The first-order chi connectivity index (χ1) is 35.5. The molecule has 6 nitrogen and oxygen atoms in total. The molecule has 1 amide bonds. The van der Waals surface area contributed by atoms with E-state index in [-0.39, 0.29) is 18.5 Å². The molecule has 0 aliphatic heterocycles. The lowest BCUT2D eigenvalue weighted by molar-refractivity contribution is -0.143. The van der Waals surface area contributed by atoms with Crippen LogP contribution >= 0.6 is 0 Å². The van der Waals surface area contributed by atoms with Gasteiger partial charge in [0.25, 0.3) is 0 Å². The second-order valence-corrected chi connectivity index (χ2v) is 22.5. The van der Waals surface area contributed by atoms with Crippen molar-refractivity contribution in [2.45, 2.75) is 373 Å². The lowest BCUT2D eigenvalue weighted by Crippen LogP contribution is -2.45. The van der Waals surface area contributed by atoms with Crippen molar-refractivity contribution in [1.82, 2.24) is 5.32 Å². The smallest absolute Gasteiger partial charge is 0.305 e. The number of allylic oxidation sites excluding steroid dienone is 3. The fraction of sp³-hybridized carbons (Fsp3) is 0.909. The highest BCUT2D eigenvalue weighted by atomic mass is 16.5. The number of carbonyl (C=O) groups is 2. The van der Waals surface area contributed by atoms with Gasteiger partial charge in [0.1, 0.15) is 0 Å². The molecule has 0 aliphatic carbocycles. The molecule has 0 aliphatic rings. The van der Waals surface area contributed by atoms with Crippen molar-refractivity contribution in [3.05, 3.63) is 24.3 Å². The molecule has 72 heavy (non-hydrogen) atoms. The molecule has 0 spiro atoms. The largest absolute Gasteiger partial charge is 0.466 e. The first-order valence-corrected chi connectivity index (χ1v) is 32.6. The van der Waals surface area contributed by atoms with Crippen molar-refractivity contribution in [2.24, 2.45) is 0 Å². The van der Waals surface area contributed by atoms with Crippen LogP contribution in [-0.2, 0) is 14.3 Å². The number of carbonyl (C=O) groups excluding carboxylic acids is 2. The molecule has 3 N–H and O–H groups in total. The third-order valence-electron chi connectivity index (χ3n) is 15.2. The summed E-state index contributed by atoms with van der Waals surface area (Å²) in [4.78, 5) is 24.6. The van der Waals surface area contributed by atoms with Gasteiger partial charge in [0.05, 0.1) is 25.4 Å². The van der Waals surface area contributed by atoms with Crippen LogP contribution in [0.4, 0.5) is 0 Å². The predicted octanol–water partition coefficient (Wildman–Crippen LogP) is 20.6. The first kappa shape index (κ1) is 70.3. The molecule has 2 atom stereocenters. The first-order valence-electron chi connectivity index (χ1n) is 32.6. The van der Waals surface area contributed by atoms with E-state index in [9.17, 15) is 19.8 Å². The van der Waals surface area contributed by atoms with E-state index in [1.165, 1.54) is 263 Å². The molecule has 0 bridgehead atoms. The fourth-order valence-electron chi connectivity index (χ4n) is 10.2. The van der Waals surface area contributed by atoms with Gasteiger partial charge in [-0.2, -0.15) is 0 Å². The summed E-state index contributed by atoms with van der Waals surface area (Å²) in [5.41, 5.74) is 0. The van der Waals surface area contributed by atoms with Crippen molar-refractivity contribution in [3.63, 3.8) is 0 Å². The van der Waals surface area contributed by atoms with Crippen molar-refractivity contribution in [2.75, 3.05) is 13.2 Å². The van der Waals surface area contributed by atoms with Crippen LogP contribution in [0.2, 0.25) is 0 Å². The van der Waals surface area contributed by atoms with Gasteiger partial charge in [0.15, 0.2) is 0 Å². The van der Waals surface area contributed by atoms with Crippen LogP contribution in [0.1, 0.15) is 361 Å². The van der Waals surface area contributed by atoms with E-state index >= 15 is 0 Å². The predicted molar refractivity (Wildman–Crippen MR) is 315 cm³/mol. The molecule has 2 unspecified atom stereocenters. The van der Waals surface area contributed by atoms with Gasteiger partial charge in [-0.05, 0) is 57.8 Å². The summed E-state index contributed by atoms with van der Waals surface area (Å²) in [7, 11) is 0. The van der Waals surface area contributed by atoms with Crippen LogP contribution < -0.4 is 5.32 Å². The molecular weight excluding hydrogens is 887 g/mol. The second-order valence-electron chi connectivity index (χ2n) is 22.5. The van der Waals surface area contributed by atoms with Crippen molar-refractivity contribution in [1.29, 1.82) is 0 Å². The van der Waals surface area contributed by atoms with Gasteiger partial charge in [-0.1, -0.05) is 314 Å². The molecule has 426 valence electrons. The number of unbranched alkanes of at least 4 members (excludes halogenated alkanes) is 48. The minimum absolute atomic E-state index is 0.00641. The zero-order valence-electron chi connectivity index (χ0n) is 48.7. The highest BCUT2D eigenvalue weighted by Gasteiger charge is 2.18. The summed E-state index contributed by atoms with van der Waals surface area (Å²) >= 11 is 0. The van der Waals surface area contributed by atoms with Crippen LogP contribution in [0.5, 0.6) is 0 Å². The van der Waals surface area contributed by atoms with E-state index in [1.807, 2.05) is 6.08 Å². The Kier molecular flexibility index (Phi) is 60.5. The van der Waals surface area contributed by atoms with E-state index in [0.717, 1.165) is 70.6 Å². The number of ether oxygens (including phenoxy) is 1. The SMILES string of the molecule is CCCCCCCCCCCCCCCCCCCCCCC/C=C/C(O)C(CO)NC(=O)CCCCCCCCC/C=C\CCCCCCOC(=O)CCCCCCCCCCCCCCCCCCC. The quantitative estimate of drug-likeness (QED) is 0.0320. The maximum Gasteiger partial charge on any atom is 0.305 e. The fourth-order valence-corrected chi connectivity index (χ4v) is 10.2. The zero-order valence-corrected chi connectivity index (χ0v) is 48.7. The number of aliphatic hydroxyl groups is 2. The van der Waals surface area contributed by atoms with Crippen molar-refractivity contribution in [3.8, 4) is 0 Å². The summed E-state index contributed by atoms with van der Waals surface area (Å²) in [6.45, 7) is 4.90. The van der Waals surface area contributed by atoms with Crippen LogP contribution in [0.15, 0.2) is 24.3 Å². The molecule has 0 saturated heterocycles. The average Bonchev–Trinajstić information content (AvgIpc) is 3.38. The molecule has 0 aromatic carbocycles. The highest BCUT2D eigenvalue weighted by molar-refractivity contribution is 5.76. The van der Waals surface area contributed by atoms with Gasteiger partial charge in [0.2, 0.25) is 5.91 Å². The van der Waals surface area contributed by atoms with E-state index in [1.54, 1.807) is 6.08 Å². The van der Waals surface area contributed by atoms with E-state index in [4.69, 9.17) is 4.74 Å². The molecule has 0 aromatic heterocycles. The van der Waals surface area contributed by atoms with Crippen LogP contribution in [-0.4, -0.2) is 47.4 Å². The summed E-state index contributed by atoms with van der Waals surface area (Å²) in [5, 5.41) is 23.2. The number of aliphatic hydroxyl groups excluding tert-OH is 2. The Morgan fingerprint density at radius 3 is 0.986 bits per heavy atom. The Morgan fingerprint density at radius 1 is 0.375 bits per heavy atom. The molecule has 0 radical (unpaired) electrons. The third kappa shape index (κ3) is 57.6. The zero-order chi connectivity index (χ0) is 52.2. The number of amides is 1. The molecule has 0 rings (SSSR count). The Labute approximate surface area is 450 Å². The maximum atomic E-state index is 12.5. The van der Waals surface area contributed by atoms with Crippen molar-refractivity contribution >= 4 is 11.9 Å².